The van der Waals surface area contributed by atoms with Crippen molar-refractivity contribution in [2.45, 2.75) is 26.0 Å². The molecule has 1 N–H and O–H groups in total. The first-order valence-corrected chi connectivity index (χ1v) is 8.62. The van der Waals surface area contributed by atoms with Crippen LogP contribution in [0.3, 0.4) is 0 Å². The Kier molecular flexibility index (Phi) is 5.77. The molecule has 0 spiro atoms. The van der Waals surface area contributed by atoms with E-state index in [0.29, 0.717) is 31.0 Å². The van der Waals surface area contributed by atoms with Crippen molar-refractivity contribution in [3.63, 3.8) is 0 Å². The first kappa shape index (κ1) is 18.5. The molecule has 27 heavy (non-hydrogen) atoms. The van der Waals surface area contributed by atoms with Gasteiger partial charge in [0.15, 0.2) is 0 Å². The highest BCUT2D eigenvalue weighted by Gasteiger charge is 2.17. The Hall–Kier alpha value is -3.26. The number of non-ortho nitro benzene ring substituents is 1. The number of hydrogen-bond acceptors (Lipinski definition) is 7. The molecule has 0 radical (unpaired) electrons. The summed E-state index contributed by atoms with van der Waals surface area (Å²) in [4.78, 5) is 16.8. The maximum Gasteiger partial charge on any atom is 0.270 e. The minimum atomic E-state index is -0.482. The van der Waals surface area contributed by atoms with Crippen LogP contribution in [0.5, 0.6) is 0 Å². The normalized spacial score (nSPS) is 11.9. The molecule has 140 valence electrons. The second-order valence-electron chi connectivity index (χ2n) is 6.10. The molecule has 8 nitrogen and oxygen atoms in total. The zero-order valence-electron chi connectivity index (χ0n) is 14.9. The predicted molar refractivity (Wildman–Crippen MR) is 100 cm³/mol. The Morgan fingerprint density at radius 3 is 2.70 bits per heavy atom. The van der Waals surface area contributed by atoms with Crippen LogP contribution in [0, 0.1) is 10.1 Å². The molecule has 0 aliphatic carbocycles. The van der Waals surface area contributed by atoms with Crippen molar-refractivity contribution in [3.8, 4) is 11.4 Å². The van der Waals surface area contributed by atoms with Crippen LogP contribution in [0.1, 0.15) is 19.2 Å². The summed E-state index contributed by atoms with van der Waals surface area (Å²) in [6.45, 7) is 2.67. The summed E-state index contributed by atoms with van der Waals surface area (Å²) in [5.41, 5.74) is 1.41. The van der Waals surface area contributed by atoms with Crippen LogP contribution in [0.15, 0.2) is 59.1 Å². The monoisotopic (exact) mass is 368 g/mol. The van der Waals surface area contributed by atoms with E-state index in [4.69, 9.17) is 4.52 Å². The van der Waals surface area contributed by atoms with Crippen molar-refractivity contribution >= 4 is 11.4 Å². The largest absolute Gasteiger partial charge is 0.391 e. The quantitative estimate of drug-likeness (QED) is 0.479. The molecule has 3 aromatic rings. The van der Waals surface area contributed by atoms with Crippen LogP contribution in [0.4, 0.5) is 11.4 Å². The lowest BCUT2D eigenvalue weighted by molar-refractivity contribution is -0.384. The third kappa shape index (κ3) is 4.68. The Bertz CT molecular complexity index is 897. The molecule has 0 amide bonds. The molecule has 1 unspecified atom stereocenters. The Labute approximate surface area is 156 Å². The van der Waals surface area contributed by atoms with Gasteiger partial charge in [0, 0.05) is 29.9 Å². The van der Waals surface area contributed by atoms with E-state index in [-0.39, 0.29) is 11.5 Å². The summed E-state index contributed by atoms with van der Waals surface area (Å²) in [5, 5.41) is 24.9. The van der Waals surface area contributed by atoms with Gasteiger partial charge in [0.2, 0.25) is 11.7 Å². The number of hydrogen-bond donors (Lipinski definition) is 1. The van der Waals surface area contributed by atoms with Gasteiger partial charge in [-0.05, 0) is 18.6 Å². The Balaban J connectivity index is 1.81. The Morgan fingerprint density at radius 1 is 1.22 bits per heavy atom. The molecule has 0 bridgehead atoms. The van der Waals surface area contributed by atoms with Crippen LogP contribution in [-0.2, 0) is 6.54 Å². The lowest BCUT2D eigenvalue weighted by Gasteiger charge is -2.25. The number of rotatable bonds is 8. The number of benzene rings is 2. The topological polar surface area (TPSA) is 106 Å². The average molecular weight is 368 g/mol. The highest BCUT2D eigenvalue weighted by molar-refractivity contribution is 5.58. The van der Waals surface area contributed by atoms with Gasteiger partial charge in [-0.2, -0.15) is 4.98 Å². The van der Waals surface area contributed by atoms with E-state index in [1.165, 1.54) is 12.1 Å². The van der Waals surface area contributed by atoms with Crippen LogP contribution < -0.4 is 4.90 Å². The fourth-order valence-electron chi connectivity index (χ4n) is 2.64. The minimum absolute atomic E-state index is 0.0316. The summed E-state index contributed by atoms with van der Waals surface area (Å²) >= 11 is 0. The first-order chi connectivity index (χ1) is 13.1. The van der Waals surface area contributed by atoms with Gasteiger partial charge in [-0.1, -0.05) is 42.4 Å². The molecule has 0 aliphatic rings. The van der Waals surface area contributed by atoms with E-state index in [1.54, 1.807) is 12.1 Å². The standard InChI is InChI=1S/C19H20N4O4/c1-2-17(24)12-22(15-8-4-3-5-9-15)13-18-20-19(21-27-18)14-7-6-10-16(11-14)23(25)26/h3-11,17,24H,2,12-13H2,1H3. The SMILES string of the molecule is CCC(O)CN(Cc1nc(-c2cccc([N+](=O)[O-])c2)no1)c1ccccc1. The van der Waals surface area contributed by atoms with Gasteiger partial charge in [0.05, 0.1) is 17.6 Å². The zero-order valence-corrected chi connectivity index (χ0v) is 14.9. The van der Waals surface area contributed by atoms with Gasteiger partial charge in [0.25, 0.3) is 5.69 Å². The first-order valence-electron chi connectivity index (χ1n) is 8.62. The number of nitrogens with zero attached hydrogens (tertiary/aromatic N) is 4. The number of nitro benzene ring substituents is 1. The number of aromatic nitrogens is 2. The molecular weight excluding hydrogens is 348 g/mol. The summed E-state index contributed by atoms with van der Waals surface area (Å²) in [6, 6.07) is 15.7. The molecule has 8 heteroatoms. The third-order valence-corrected chi connectivity index (χ3v) is 4.13. The van der Waals surface area contributed by atoms with E-state index < -0.39 is 11.0 Å². The van der Waals surface area contributed by atoms with E-state index in [1.807, 2.05) is 42.2 Å². The molecule has 1 heterocycles. The fraction of sp³-hybridized carbons (Fsp3) is 0.263. The minimum Gasteiger partial charge on any atom is -0.391 e. The highest BCUT2D eigenvalue weighted by atomic mass is 16.6. The van der Waals surface area contributed by atoms with Gasteiger partial charge in [-0.15, -0.1) is 0 Å². The Morgan fingerprint density at radius 2 is 2.00 bits per heavy atom. The van der Waals surface area contributed by atoms with Crippen LogP contribution in [0.2, 0.25) is 0 Å². The number of para-hydroxylation sites is 1. The van der Waals surface area contributed by atoms with E-state index in [0.717, 1.165) is 5.69 Å². The number of aliphatic hydroxyl groups excluding tert-OH is 1. The van der Waals surface area contributed by atoms with Gasteiger partial charge >= 0.3 is 0 Å². The smallest absolute Gasteiger partial charge is 0.270 e. The van der Waals surface area contributed by atoms with Gasteiger partial charge in [-0.25, -0.2) is 0 Å². The number of nitro groups is 1. The maximum atomic E-state index is 10.9. The van der Waals surface area contributed by atoms with Crippen molar-refractivity contribution in [1.29, 1.82) is 0 Å². The maximum absolute atomic E-state index is 10.9. The lowest BCUT2D eigenvalue weighted by atomic mass is 10.2. The number of anilines is 1. The average Bonchev–Trinajstić information content (AvgIpc) is 3.16. The van der Waals surface area contributed by atoms with Crippen molar-refractivity contribution in [1.82, 2.24) is 10.1 Å². The number of aliphatic hydroxyl groups is 1. The molecule has 2 aromatic carbocycles. The molecule has 1 atom stereocenters. The fourth-order valence-corrected chi connectivity index (χ4v) is 2.64. The van der Waals surface area contributed by atoms with Crippen molar-refractivity contribution in [2.75, 3.05) is 11.4 Å². The van der Waals surface area contributed by atoms with Gasteiger partial charge in [0.1, 0.15) is 0 Å². The molecule has 1 aromatic heterocycles. The summed E-state index contributed by atoms with van der Waals surface area (Å²) < 4.78 is 5.33. The van der Waals surface area contributed by atoms with Crippen molar-refractivity contribution in [3.05, 3.63) is 70.6 Å². The van der Waals surface area contributed by atoms with Crippen molar-refractivity contribution in [2.24, 2.45) is 0 Å². The highest BCUT2D eigenvalue weighted by Crippen LogP contribution is 2.23. The zero-order chi connectivity index (χ0) is 19.2. The molecule has 0 saturated heterocycles. The van der Waals surface area contributed by atoms with Gasteiger partial charge in [-0.3, -0.25) is 10.1 Å². The molecule has 0 aliphatic heterocycles. The van der Waals surface area contributed by atoms with Crippen LogP contribution >= 0.6 is 0 Å². The molecule has 3 rings (SSSR count). The van der Waals surface area contributed by atoms with Crippen LogP contribution in [0.25, 0.3) is 11.4 Å². The van der Waals surface area contributed by atoms with E-state index in [9.17, 15) is 15.2 Å². The second-order valence-corrected chi connectivity index (χ2v) is 6.10. The van der Waals surface area contributed by atoms with E-state index >= 15 is 0 Å². The summed E-state index contributed by atoms with van der Waals surface area (Å²) in [5.74, 6) is 0.654. The van der Waals surface area contributed by atoms with Crippen LogP contribution in [-0.4, -0.2) is 32.8 Å². The summed E-state index contributed by atoms with van der Waals surface area (Å²) in [6.07, 6.45) is 0.149. The lowest BCUT2D eigenvalue weighted by Crippen LogP contribution is -2.31. The van der Waals surface area contributed by atoms with Gasteiger partial charge < -0.3 is 14.5 Å². The van der Waals surface area contributed by atoms with E-state index in [2.05, 4.69) is 10.1 Å². The predicted octanol–water partition coefficient (Wildman–Crippen LogP) is 3.42. The summed E-state index contributed by atoms with van der Waals surface area (Å²) in [7, 11) is 0. The second kappa shape index (κ2) is 8.41. The third-order valence-electron chi connectivity index (χ3n) is 4.13. The molecule has 0 fully saturated rings. The molecular formula is C19H20N4O4. The molecule has 0 saturated carbocycles. The van der Waals surface area contributed by atoms with Crippen molar-refractivity contribution < 1.29 is 14.6 Å².